The van der Waals surface area contributed by atoms with E-state index in [0.29, 0.717) is 19.3 Å². The maximum atomic E-state index is 15.7. The lowest BCUT2D eigenvalue weighted by atomic mass is 9.56. The van der Waals surface area contributed by atoms with Crippen molar-refractivity contribution in [3.8, 4) is 0 Å². The fourth-order valence-corrected chi connectivity index (χ4v) is 8.94. The molecular formula is C28H33F2N3O4S. The molecule has 10 heteroatoms. The van der Waals surface area contributed by atoms with Crippen LogP contribution in [0.15, 0.2) is 59.8 Å². The number of benzene rings is 1. The summed E-state index contributed by atoms with van der Waals surface area (Å²) in [5.41, 5.74) is -2.41. The smallest absolute Gasteiger partial charge is 0.269 e. The van der Waals surface area contributed by atoms with Crippen molar-refractivity contribution in [1.29, 1.82) is 0 Å². The number of rotatable bonds is 6. The number of sulfonamides is 1. The van der Waals surface area contributed by atoms with Crippen molar-refractivity contribution in [2.75, 3.05) is 0 Å². The van der Waals surface area contributed by atoms with Gasteiger partial charge in [-0.2, -0.15) is 4.31 Å². The molecule has 2 fully saturated rings. The summed E-state index contributed by atoms with van der Waals surface area (Å²) >= 11 is 0. The van der Waals surface area contributed by atoms with Gasteiger partial charge in [0, 0.05) is 42.5 Å². The number of allylic oxidation sites excluding steroid dienone is 4. The molecule has 1 aromatic heterocycles. The van der Waals surface area contributed by atoms with Crippen LogP contribution in [-0.4, -0.2) is 44.3 Å². The van der Waals surface area contributed by atoms with Crippen LogP contribution in [0.4, 0.5) is 8.78 Å². The highest BCUT2D eigenvalue weighted by Crippen LogP contribution is 2.52. The number of halogens is 2. The van der Waals surface area contributed by atoms with Gasteiger partial charge in [-0.3, -0.25) is 9.78 Å². The lowest BCUT2D eigenvalue weighted by Crippen LogP contribution is -2.56. The van der Waals surface area contributed by atoms with Crippen LogP contribution in [0.25, 0.3) is 0 Å². The molecule has 1 unspecified atom stereocenters. The predicted molar refractivity (Wildman–Crippen MR) is 140 cm³/mol. The first-order chi connectivity index (χ1) is 17.9. The van der Waals surface area contributed by atoms with E-state index in [4.69, 9.17) is 0 Å². The van der Waals surface area contributed by atoms with Crippen LogP contribution in [-0.2, 0) is 28.5 Å². The molecule has 204 valence electrons. The van der Waals surface area contributed by atoms with Crippen LogP contribution in [0.1, 0.15) is 57.1 Å². The van der Waals surface area contributed by atoms with E-state index in [1.165, 1.54) is 21.3 Å². The molecule has 0 spiro atoms. The number of nitrogens with zero attached hydrogens (tertiary/aromatic N) is 3. The van der Waals surface area contributed by atoms with Gasteiger partial charge >= 0.3 is 0 Å². The monoisotopic (exact) mass is 545 g/mol. The standard InChI is InChI=1S/C28H33F2N3O4S/c1-19-8-9-25(20-6-4-3-5-7-20)38(36,37)33(19)15-21-12-24(30)22(13-23(21)29)28(16-27(2,35)17-28)18-32-11-10-31-14-26(32)34/h3-6,10-14,19-20,25,35H,7-9,15-18H2,1-2H3/t19-,20?,25+,27-,28+/m0/s1. The molecule has 0 amide bonds. The lowest BCUT2D eigenvalue weighted by molar-refractivity contribution is -0.0835. The highest BCUT2D eigenvalue weighted by molar-refractivity contribution is 7.89. The zero-order valence-electron chi connectivity index (χ0n) is 21.6. The molecule has 0 bridgehead atoms. The Morgan fingerprint density at radius 2 is 1.92 bits per heavy atom. The Bertz CT molecular complexity index is 1440. The normalized spacial score (nSPS) is 32.7. The Morgan fingerprint density at radius 3 is 2.58 bits per heavy atom. The summed E-state index contributed by atoms with van der Waals surface area (Å²) in [7, 11) is -3.75. The third-order valence-electron chi connectivity index (χ3n) is 8.31. The second-order valence-corrected chi connectivity index (χ2v) is 13.5. The molecule has 2 aromatic rings. The molecule has 1 aromatic carbocycles. The van der Waals surface area contributed by atoms with Crippen LogP contribution in [0.2, 0.25) is 0 Å². The number of hydrogen-bond acceptors (Lipinski definition) is 5. The van der Waals surface area contributed by atoms with E-state index < -0.39 is 37.9 Å². The van der Waals surface area contributed by atoms with Gasteiger partial charge in [-0.15, -0.1) is 0 Å². The van der Waals surface area contributed by atoms with Crippen molar-refractivity contribution in [2.45, 2.75) is 81.3 Å². The summed E-state index contributed by atoms with van der Waals surface area (Å²) in [6.45, 7) is 3.22. The van der Waals surface area contributed by atoms with Gasteiger partial charge in [-0.25, -0.2) is 17.2 Å². The maximum Gasteiger partial charge on any atom is 0.269 e. The molecule has 7 nitrogen and oxygen atoms in total. The van der Waals surface area contributed by atoms with Gasteiger partial charge in [0.25, 0.3) is 5.56 Å². The SMILES string of the molecule is C[C@H]1CC[C@H](C2C=CC=CC2)S(=O)(=O)N1Cc1cc(F)c([C@]2(Cn3ccncc3=O)C[C@](C)(O)C2)cc1F. The molecule has 1 aliphatic heterocycles. The minimum Gasteiger partial charge on any atom is -0.390 e. The van der Waals surface area contributed by atoms with Crippen LogP contribution >= 0.6 is 0 Å². The Labute approximate surface area is 221 Å². The first-order valence-electron chi connectivity index (χ1n) is 13.0. The van der Waals surface area contributed by atoms with E-state index in [1.54, 1.807) is 13.8 Å². The van der Waals surface area contributed by atoms with Crippen LogP contribution in [0, 0.1) is 17.6 Å². The van der Waals surface area contributed by atoms with E-state index in [0.717, 1.165) is 18.3 Å². The Kier molecular flexibility index (Phi) is 6.94. The van der Waals surface area contributed by atoms with Crippen molar-refractivity contribution in [2.24, 2.45) is 5.92 Å². The second-order valence-electron chi connectivity index (χ2n) is 11.4. The highest BCUT2D eigenvalue weighted by atomic mass is 32.2. The van der Waals surface area contributed by atoms with Crippen LogP contribution in [0.3, 0.4) is 0 Å². The summed E-state index contributed by atoms with van der Waals surface area (Å²) in [5.74, 6) is -1.54. The topological polar surface area (TPSA) is 92.5 Å². The fourth-order valence-electron chi connectivity index (χ4n) is 6.59. The summed E-state index contributed by atoms with van der Waals surface area (Å²) in [6, 6.07) is 1.84. The molecule has 3 atom stereocenters. The van der Waals surface area contributed by atoms with Gasteiger partial charge in [-0.1, -0.05) is 24.3 Å². The zero-order chi connectivity index (χ0) is 27.3. The average Bonchev–Trinajstić information content (AvgIpc) is 2.84. The fraction of sp³-hybridized carbons (Fsp3) is 0.500. The summed E-state index contributed by atoms with van der Waals surface area (Å²) in [4.78, 5) is 16.1. The molecule has 2 heterocycles. The van der Waals surface area contributed by atoms with Gasteiger partial charge in [-0.05, 0) is 69.6 Å². The van der Waals surface area contributed by atoms with E-state index in [9.17, 15) is 18.3 Å². The Morgan fingerprint density at radius 1 is 1.16 bits per heavy atom. The first kappa shape index (κ1) is 26.9. The largest absolute Gasteiger partial charge is 0.390 e. The molecule has 1 saturated heterocycles. The molecule has 2 aliphatic carbocycles. The van der Waals surface area contributed by atoms with Crippen molar-refractivity contribution < 1.29 is 22.3 Å². The van der Waals surface area contributed by atoms with Crippen molar-refractivity contribution in [1.82, 2.24) is 13.9 Å². The molecular weight excluding hydrogens is 512 g/mol. The third kappa shape index (κ3) is 4.89. The Hall–Kier alpha value is -2.69. The molecule has 1 saturated carbocycles. The van der Waals surface area contributed by atoms with Gasteiger partial charge in [0.05, 0.1) is 17.0 Å². The molecule has 1 N–H and O–H groups in total. The van der Waals surface area contributed by atoms with Crippen LogP contribution < -0.4 is 5.56 Å². The first-order valence-corrected chi connectivity index (χ1v) is 14.5. The lowest BCUT2D eigenvalue weighted by Gasteiger charge is -2.52. The summed E-state index contributed by atoms with van der Waals surface area (Å²) in [6.07, 6.45) is 13.8. The maximum absolute atomic E-state index is 15.7. The van der Waals surface area contributed by atoms with E-state index in [2.05, 4.69) is 4.98 Å². The Balaban J connectivity index is 1.45. The van der Waals surface area contributed by atoms with Crippen molar-refractivity contribution in [3.63, 3.8) is 0 Å². The summed E-state index contributed by atoms with van der Waals surface area (Å²) in [5, 5.41) is 9.90. The summed E-state index contributed by atoms with van der Waals surface area (Å²) < 4.78 is 61.1. The van der Waals surface area contributed by atoms with Gasteiger partial charge in [0.1, 0.15) is 11.6 Å². The van der Waals surface area contributed by atoms with Gasteiger partial charge in [0.15, 0.2) is 0 Å². The van der Waals surface area contributed by atoms with E-state index in [-0.39, 0.29) is 54.6 Å². The number of aliphatic hydroxyl groups is 1. The minimum absolute atomic E-state index is 0.0382. The highest BCUT2D eigenvalue weighted by Gasteiger charge is 2.53. The average molecular weight is 546 g/mol. The molecule has 0 radical (unpaired) electrons. The number of aromatic nitrogens is 2. The van der Waals surface area contributed by atoms with E-state index in [1.807, 2.05) is 24.3 Å². The zero-order valence-corrected chi connectivity index (χ0v) is 22.4. The van der Waals surface area contributed by atoms with E-state index >= 15 is 8.78 Å². The molecule has 5 rings (SSSR count). The van der Waals surface area contributed by atoms with Gasteiger partial charge in [0.2, 0.25) is 10.0 Å². The minimum atomic E-state index is -3.75. The quantitative estimate of drug-likeness (QED) is 0.596. The second kappa shape index (κ2) is 9.81. The predicted octanol–water partition coefficient (Wildman–Crippen LogP) is 3.82. The number of hydrogen-bond donors (Lipinski definition) is 1. The van der Waals surface area contributed by atoms with Crippen LogP contribution in [0.5, 0.6) is 0 Å². The van der Waals surface area contributed by atoms with Crippen molar-refractivity contribution in [3.05, 3.63) is 88.1 Å². The molecule has 38 heavy (non-hydrogen) atoms. The van der Waals surface area contributed by atoms with Gasteiger partial charge < -0.3 is 9.67 Å². The molecule has 3 aliphatic rings. The third-order valence-corrected chi connectivity index (χ3v) is 10.8. The van der Waals surface area contributed by atoms with Crippen molar-refractivity contribution >= 4 is 10.0 Å².